The highest BCUT2D eigenvalue weighted by Gasteiger charge is 2.17. The van der Waals surface area contributed by atoms with E-state index < -0.39 is 0 Å². The largest absolute Gasteiger partial charge is 0.454 e. The topological polar surface area (TPSA) is 86.5 Å². The first kappa shape index (κ1) is 16.4. The monoisotopic (exact) mass is 373 g/mol. The van der Waals surface area contributed by atoms with Crippen LogP contribution in [0.2, 0.25) is 0 Å². The minimum atomic E-state index is -0.319. The molecule has 1 aliphatic heterocycles. The van der Waals surface area contributed by atoms with E-state index in [2.05, 4.69) is 15.5 Å². The van der Waals surface area contributed by atoms with E-state index in [4.69, 9.17) is 13.9 Å². The summed E-state index contributed by atoms with van der Waals surface area (Å²) < 4.78 is 28.9. The molecule has 2 heterocycles. The van der Waals surface area contributed by atoms with Crippen molar-refractivity contribution >= 4 is 23.7 Å². The fraction of sp³-hybridized carbons (Fsp3) is 0.118. The highest BCUT2D eigenvalue weighted by atomic mass is 32.2. The number of anilines is 1. The molecule has 3 aromatic rings. The van der Waals surface area contributed by atoms with E-state index in [1.807, 2.05) is 0 Å². The number of carbonyl (C=O) groups excluding carboxylic acids is 1. The zero-order valence-corrected chi connectivity index (χ0v) is 14.1. The maximum Gasteiger partial charge on any atom is 0.322 e. The van der Waals surface area contributed by atoms with E-state index in [0.717, 1.165) is 4.90 Å². The molecule has 0 fully saturated rings. The smallest absolute Gasteiger partial charge is 0.322 e. The van der Waals surface area contributed by atoms with Crippen molar-refractivity contribution in [2.24, 2.45) is 0 Å². The molecule has 1 aliphatic rings. The summed E-state index contributed by atoms with van der Waals surface area (Å²) in [6.07, 6.45) is 0. The molecular weight excluding hydrogens is 361 g/mol. The third kappa shape index (κ3) is 3.62. The number of hydrogen-bond acceptors (Lipinski definition) is 7. The summed E-state index contributed by atoms with van der Waals surface area (Å²) in [7, 11) is 0. The van der Waals surface area contributed by atoms with Gasteiger partial charge in [0.2, 0.25) is 18.6 Å². The van der Waals surface area contributed by atoms with Crippen molar-refractivity contribution < 1.29 is 23.1 Å². The quantitative estimate of drug-likeness (QED) is 0.687. The Balaban J connectivity index is 1.37. The van der Waals surface area contributed by atoms with Crippen molar-refractivity contribution in [3.8, 4) is 23.0 Å². The van der Waals surface area contributed by atoms with Crippen LogP contribution in [0.15, 0.2) is 51.8 Å². The number of rotatable bonds is 5. The predicted molar refractivity (Wildman–Crippen MR) is 91.6 cm³/mol. The first-order chi connectivity index (χ1) is 12.7. The van der Waals surface area contributed by atoms with E-state index in [1.165, 1.54) is 23.9 Å². The van der Waals surface area contributed by atoms with Crippen LogP contribution in [-0.4, -0.2) is 28.7 Å². The number of aromatic nitrogens is 2. The van der Waals surface area contributed by atoms with Crippen LogP contribution in [0.3, 0.4) is 0 Å². The van der Waals surface area contributed by atoms with Crippen LogP contribution in [0, 0.1) is 5.82 Å². The Bertz CT molecular complexity index is 945. The lowest BCUT2D eigenvalue weighted by molar-refractivity contribution is -0.113. The van der Waals surface area contributed by atoms with Gasteiger partial charge in [0.25, 0.3) is 0 Å². The van der Waals surface area contributed by atoms with E-state index >= 15 is 0 Å². The van der Waals surface area contributed by atoms with Gasteiger partial charge in [0.1, 0.15) is 5.82 Å². The SMILES string of the molecule is O=C(CSc1ccc(F)cc1)Nc1nnc(-c2ccc3c(c2)OCO3)o1. The first-order valence-corrected chi connectivity index (χ1v) is 8.58. The van der Waals surface area contributed by atoms with Gasteiger partial charge in [-0.15, -0.1) is 16.9 Å². The second-order valence-corrected chi connectivity index (χ2v) is 6.32. The Morgan fingerprint density at radius 3 is 2.77 bits per heavy atom. The van der Waals surface area contributed by atoms with Crippen LogP contribution < -0.4 is 14.8 Å². The standard InChI is InChI=1S/C17H12FN3O4S/c18-11-2-4-12(5-3-11)26-8-15(22)19-17-21-20-16(25-17)10-1-6-13-14(7-10)24-9-23-13/h1-7H,8-9H2,(H,19,21,22). The van der Waals surface area contributed by atoms with Gasteiger partial charge in [-0.25, -0.2) is 4.39 Å². The molecule has 1 N–H and O–H groups in total. The average Bonchev–Trinajstić information content (AvgIpc) is 3.29. The zero-order valence-electron chi connectivity index (χ0n) is 13.3. The number of nitrogens with one attached hydrogen (secondary N) is 1. The molecule has 0 atom stereocenters. The number of nitrogens with zero attached hydrogens (tertiary/aromatic N) is 2. The summed E-state index contributed by atoms with van der Waals surface area (Å²) in [6.45, 7) is 0.176. The number of carbonyl (C=O) groups is 1. The molecule has 132 valence electrons. The number of halogens is 1. The second-order valence-electron chi connectivity index (χ2n) is 5.27. The molecule has 7 nitrogen and oxygen atoms in total. The third-order valence-electron chi connectivity index (χ3n) is 3.47. The van der Waals surface area contributed by atoms with E-state index in [0.29, 0.717) is 17.1 Å². The van der Waals surface area contributed by atoms with Crippen molar-refractivity contribution in [1.82, 2.24) is 10.2 Å². The van der Waals surface area contributed by atoms with Gasteiger partial charge in [0, 0.05) is 10.5 Å². The minimum absolute atomic E-state index is 0.00220. The van der Waals surface area contributed by atoms with E-state index in [-0.39, 0.29) is 36.2 Å². The van der Waals surface area contributed by atoms with Crippen LogP contribution in [0.4, 0.5) is 10.4 Å². The van der Waals surface area contributed by atoms with Gasteiger partial charge in [-0.3, -0.25) is 10.1 Å². The lowest BCUT2D eigenvalue weighted by atomic mass is 10.2. The van der Waals surface area contributed by atoms with Gasteiger partial charge in [0.15, 0.2) is 11.5 Å². The number of ether oxygens (including phenoxy) is 2. The molecule has 4 rings (SSSR count). The Labute approximate surface area is 151 Å². The van der Waals surface area contributed by atoms with Gasteiger partial charge in [-0.2, -0.15) is 0 Å². The fourth-order valence-corrected chi connectivity index (χ4v) is 2.95. The van der Waals surface area contributed by atoms with Crippen molar-refractivity contribution in [3.05, 3.63) is 48.3 Å². The highest BCUT2D eigenvalue weighted by molar-refractivity contribution is 8.00. The Kier molecular flexibility index (Phi) is 4.44. The van der Waals surface area contributed by atoms with Crippen LogP contribution in [-0.2, 0) is 4.79 Å². The number of amides is 1. The molecule has 0 unspecified atom stereocenters. The van der Waals surface area contributed by atoms with Crippen LogP contribution in [0.25, 0.3) is 11.5 Å². The molecule has 0 spiro atoms. The lowest BCUT2D eigenvalue weighted by Gasteiger charge is -2.01. The molecule has 1 aromatic heterocycles. The Morgan fingerprint density at radius 2 is 1.92 bits per heavy atom. The van der Waals surface area contributed by atoms with Gasteiger partial charge >= 0.3 is 6.01 Å². The van der Waals surface area contributed by atoms with Crippen LogP contribution in [0.1, 0.15) is 0 Å². The lowest BCUT2D eigenvalue weighted by Crippen LogP contribution is -2.14. The summed E-state index contributed by atoms with van der Waals surface area (Å²) in [5, 5.41) is 10.3. The molecule has 1 amide bonds. The molecule has 9 heteroatoms. The van der Waals surface area contributed by atoms with E-state index in [9.17, 15) is 9.18 Å². The zero-order chi connectivity index (χ0) is 17.9. The molecule has 26 heavy (non-hydrogen) atoms. The minimum Gasteiger partial charge on any atom is -0.454 e. The molecule has 0 radical (unpaired) electrons. The van der Waals surface area contributed by atoms with Crippen molar-refractivity contribution in [3.63, 3.8) is 0 Å². The number of thioether (sulfide) groups is 1. The third-order valence-corrected chi connectivity index (χ3v) is 4.49. The molecule has 0 saturated heterocycles. The van der Waals surface area contributed by atoms with Gasteiger partial charge in [0.05, 0.1) is 5.75 Å². The summed E-state index contributed by atoms with van der Waals surface area (Å²) in [5.74, 6) is 1.01. The highest BCUT2D eigenvalue weighted by Crippen LogP contribution is 2.35. The van der Waals surface area contributed by atoms with Crippen molar-refractivity contribution in [2.45, 2.75) is 4.90 Å². The number of benzene rings is 2. The van der Waals surface area contributed by atoms with Gasteiger partial charge < -0.3 is 13.9 Å². The maximum absolute atomic E-state index is 12.9. The second kappa shape index (κ2) is 7.04. The van der Waals surface area contributed by atoms with Crippen molar-refractivity contribution in [1.29, 1.82) is 0 Å². The Morgan fingerprint density at radius 1 is 1.12 bits per heavy atom. The van der Waals surface area contributed by atoms with E-state index in [1.54, 1.807) is 30.3 Å². The summed E-state index contributed by atoms with van der Waals surface area (Å²) in [4.78, 5) is 12.8. The predicted octanol–water partition coefficient (Wildman–Crippen LogP) is 3.34. The molecule has 0 saturated carbocycles. The van der Waals surface area contributed by atoms with Crippen molar-refractivity contribution in [2.75, 3.05) is 17.9 Å². The summed E-state index contributed by atoms with van der Waals surface area (Å²) >= 11 is 1.27. The van der Waals surface area contributed by atoms with Gasteiger partial charge in [-0.05, 0) is 42.5 Å². The van der Waals surface area contributed by atoms with Crippen LogP contribution in [0.5, 0.6) is 11.5 Å². The summed E-state index contributed by atoms with van der Waals surface area (Å²) in [5.41, 5.74) is 0.655. The molecular formula is C17H12FN3O4S. The number of fused-ring (bicyclic) bond motifs is 1. The molecule has 2 aromatic carbocycles. The summed E-state index contributed by atoms with van der Waals surface area (Å²) in [6, 6.07) is 11.1. The molecule has 0 bridgehead atoms. The van der Waals surface area contributed by atoms with Gasteiger partial charge in [-0.1, -0.05) is 5.10 Å². The number of hydrogen-bond donors (Lipinski definition) is 1. The van der Waals surface area contributed by atoms with Crippen LogP contribution >= 0.6 is 11.8 Å². The normalized spacial score (nSPS) is 12.2. The maximum atomic E-state index is 12.9. The molecule has 0 aliphatic carbocycles. The average molecular weight is 373 g/mol. The Hall–Kier alpha value is -3.07. The first-order valence-electron chi connectivity index (χ1n) is 7.59. The fourth-order valence-electron chi connectivity index (χ4n) is 2.26.